The average Bonchev–Trinajstić information content (AvgIpc) is 3.07. The molecular formula is C17H23F2N5S. The molecule has 0 amide bonds. The van der Waals surface area contributed by atoms with Gasteiger partial charge in [-0.05, 0) is 19.1 Å². The first-order valence-corrected chi connectivity index (χ1v) is 9.01. The highest BCUT2D eigenvalue weighted by Crippen LogP contribution is 2.21. The summed E-state index contributed by atoms with van der Waals surface area (Å²) in [7, 11) is 0. The second kappa shape index (κ2) is 10.0. The molecule has 1 unspecified atom stereocenters. The van der Waals surface area contributed by atoms with Gasteiger partial charge >= 0.3 is 6.55 Å². The smallest absolute Gasteiger partial charge is 0.319 e. The van der Waals surface area contributed by atoms with E-state index in [0.717, 1.165) is 4.57 Å². The summed E-state index contributed by atoms with van der Waals surface area (Å²) in [6.07, 6.45) is 2.62. The minimum Gasteiger partial charge on any atom is -0.357 e. The van der Waals surface area contributed by atoms with Crippen LogP contribution in [0.4, 0.5) is 8.78 Å². The topological polar surface area (TPSA) is 54.2 Å². The van der Waals surface area contributed by atoms with Crippen LogP contribution in [-0.4, -0.2) is 33.9 Å². The van der Waals surface area contributed by atoms with Crippen LogP contribution in [0.5, 0.6) is 0 Å². The van der Waals surface area contributed by atoms with Crippen LogP contribution in [0.2, 0.25) is 0 Å². The lowest BCUT2D eigenvalue weighted by molar-refractivity contribution is 0.0671. The van der Waals surface area contributed by atoms with E-state index in [9.17, 15) is 8.78 Å². The molecule has 0 aliphatic carbocycles. The number of thioether (sulfide) groups is 1. The number of guanidine groups is 1. The van der Waals surface area contributed by atoms with Gasteiger partial charge in [0.1, 0.15) is 12.4 Å². The Morgan fingerprint density at radius 3 is 2.72 bits per heavy atom. The summed E-state index contributed by atoms with van der Waals surface area (Å²) in [5.41, 5.74) is 0. The van der Waals surface area contributed by atoms with Gasteiger partial charge in [0.15, 0.2) is 5.96 Å². The lowest BCUT2D eigenvalue weighted by Gasteiger charge is -2.15. The van der Waals surface area contributed by atoms with Gasteiger partial charge in [0.05, 0.1) is 0 Å². The molecule has 1 aromatic heterocycles. The molecule has 0 spiro atoms. The Balaban J connectivity index is 1.90. The fraction of sp³-hybridized carbons (Fsp3) is 0.412. The monoisotopic (exact) mass is 367 g/mol. The highest BCUT2D eigenvalue weighted by atomic mass is 32.2. The largest absolute Gasteiger partial charge is 0.357 e. The van der Waals surface area contributed by atoms with E-state index in [1.165, 1.54) is 17.3 Å². The van der Waals surface area contributed by atoms with Crippen LogP contribution in [0.25, 0.3) is 0 Å². The number of nitrogens with zero attached hydrogens (tertiary/aromatic N) is 3. The first-order chi connectivity index (χ1) is 12.1. The minimum atomic E-state index is -2.61. The minimum absolute atomic E-state index is 0.0902. The Hall–Kier alpha value is -2.09. The number of aliphatic imine (C=N–C) groups is 1. The molecule has 8 heteroatoms. The molecule has 1 heterocycles. The van der Waals surface area contributed by atoms with Crippen LogP contribution in [0, 0.1) is 0 Å². The molecule has 2 aromatic rings. The summed E-state index contributed by atoms with van der Waals surface area (Å²) in [4.78, 5) is 9.49. The Bertz CT molecular complexity index is 660. The van der Waals surface area contributed by atoms with E-state index >= 15 is 0 Å². The molecule has 0 aliphatic rings. The van der Waals surface area contributed by atoms with E-state index in [-0.39, 0.29) is 12.4 Å². The third kappa shape index (κ3) is 6.38. The van der Waals surface area contributed by atoms with Gasteiger partial charge in [0, 0.05) is 35.6 Å². The van der Waals surface area contributed by atoms with Crippen LogP contribution in [0.15, 0.2) is 52.6 Å². The molecule has 1 atom stereocenters. The number of rotatable bonds is 8. The molecule has 136 valence electrons. The lowest BCUT2D eigenvalue weighted by atomic mass is 10.4. The highest BCUT2D eigenvalue weighted by Gasteiger charge is 2.11. The van der Waals surface area contributed by atoms with E-state index < -0.39 is 6.55 Å². The van der Waals surface area contributed by atoms with E-state index in [1.54, 1.807) is 11.8 Å². The number of alkyl halides is 2. The predicted molar refractivity (Wildman–Crippen MR) is 98.1 cm³/mol. The molecule has 25 heavy (non-hydrogen) atoms. The molecule has 1 aromatic carbocycles. The zero-order valence-electron chi connectivity index (χ0n) is 14.3. The van der Waals surface area contributed by atoms with Crippen molar-refractivity contribution in [3.05, 3.63) is 48.5 Å². The fourth-order valence-corrected chi connectivity index (χ4v) is 3.09. The number of nitrogens with one attached hydrogen (secondary N) is 2. The van der Waals surface area contributed by atoms with Gasteiger partial charge in [-0.1, -0.05) is 25.1 Å². The maximum absolute atomic E-state index is 12.8. The second-order valence-electron chi connectivity index (χ2n) is 5.35. The van der Waals surface area contributed by atoms with E-state index in [0.29, 0.717) is 24.3 Å². The van der Waals surface area contributed by atoms with Gasteiger partial charge in [0.2, 0.25) is 0 Å². The second-order valence-corrected chi connectivity index (χ2v) is 6.86. The van der Waals surface area contributed by atoms with Crippen molar-refractivity contribution in [3.8, 4) is 0 Å². The third-order valence-corrected chi connectivity index (χ3v) is 4.43. The summed E-state index contributed by atoms with van der Waals surface area (Å²) in [5, 5.41) is 6.69. The molecule has 0 radical (unpaired) electrons. The van der Waals surface area contributed by atoms with Gasteiger partial charge in [-0.25, -0.2) is 9.98 Å². The highest BCUT2D eigenvalue weighted by molar-refractivity contribution is 8.00. The first kappa shape index (κ1) is 19.2. The van der Waals surface area contributed by atoms with E-state index in [1.807, 2.05) is 25.1 Å². The summed E-state index contributed by atoms with van der Waals surface area (Å²) in [6.45, 7) is 2.96. The standard InChI is InChI=1S/C17H23F2N5S/c1-3-20-17(23-12-15-21-9-10-24(15)16(18)19)22-11-13(2)25-14-7-5-4-6-8-14/h4-10,13,16H,3,11-12H2,1-2H3,(H2,20,22,23). The van der Waals surface area contributed by atoms with Gasteiger partial charge < -0.3 is 10.6 Å². The Labute approximate surface area is 150 Å². The number of benzene rings is 1. The molecule has 5 nitrogen and oxygen atoms in total. The van der Waals surface area contributed by atoms with Gasteiger partial charge in [0.25, 0.3) is 0 Å². The summed E-state index contributed by atoms with van der Waals surface area (Å²) < 4.78 is 26.5. The number of hydrogen-bond donors (Lipinski definition) is 2. The van der Waals surface area contributed by atoms with Gasteiger partial charge in [-0.15, -0.1) is 11.8 Å². The number of hydrogen-bond acceptors (Lipinski definition) is 3. The SMILES string of the molecule is CCNC(=NCc1nccn1C(F)F)NCC(C)Sc1ccccc1. The summed E-state index contributed by atoms with van der Waals surface area (Å²) in [5.74, 6) is 0.825. The molecule has 2 N–H and O–H groups in total. The zero-order chi connectivity index (χ0) is 18.1. The molecule has 0 bridgehead atoms. The molecule has 0 saturated heterocycles. The van der Waals surface area contributed by atoms with Crippen molar-refractivity contribution in [2.45, 2.75) is 37.1 Å². The number of halogens is 2. The van der Waals surface area contributed by atoms with Crippen molar-refractivity contribution in [3.63, 3.8) is 0 Å². The Morgan fingerprint density at radius 1 is 1.28 bits per heavy atom. The summed E-state index contributed by atoms with van der Waals surface area (Å²) in [6, 6.07) is 10.2. The van der Waals surface area contributed by atoms with Crippen molar-refractivity contribution >= 4 is 17.7 Å². The molecular weight excluding hydrogens is 344 g/mol. The van der Waals surface area contributed by atoms with Crippen LogP contribution in [0.1, 0.15) is 26.2 Å². The first-order valence-electron chi connectivity index (χ1n) is 8.14. The maximum atomic E-state index is 12.8. The van der Waals surface area contributed by atoms with Crippen LogP contribution in [-0.2, 0) is 6.54 Å². The predicted octanol–water partition coefficient (Wildman–Crippen LogP) is 3.51. The molecule has 0 saturated carbocycles. The van der Waals surface area contributed by atoms with Crippen molar-refractivity contribution in [1.82, 2.24) is 20.2 Å². The number of imidazole rings is 1. The Kier molecular flexibility index (Phi) is 7.72. The van der Waals surface area contributed by atoms with Crippen LogP contribution >= 0.6 is 11.8 Å². The maximum Gasteiger partial charge on any atom is 0.319 e. The normalized spacial score (nSPS) is 13.1. The molecule has 0 fully saturated rings. The van der Waals surface area contributed by atoms with Gasteiger partial charge in [-0.2, -0.15) is 8.78 Å². The van der Waals surface area contributed by atoms with Crippen molar-refractivity contribution in [1.29, 1.82) is 0 Å². The quantitative estimate of drug-likeness (QED) is 0.426. The Morgan fingerprint density at radius 2 is 2.04 bits per heavy atom. The van der Waals surface area contributed by atoms with E-state index in [2.05, 4.69) is 39.7 Å². The summed E-state index contributed by atoms with van der Waals surface area (Å²) >= 11 is 1.76. The van der Waals surface area contributed by atoms with Gasteiger partial charge in [-0.3, -0.25) is 4.57 Å². The van der Waals surface area contributed by atoms with Crippen LogP contribution in [0.3, 0.4) is 0 Å². The average molecular weight is 367 g/mol. The van der Waals surface area contributed by atoms with Crippen molar-refractivity contribution in [2.75, 3.05) is 13.1 Å². The molecule has 0 aliphatic heterocycles. The number of aromatic nitrogens is 2. The third-order valence-electron chi connectivity index (χ3n) is 3.32. The molecule has 2 rings (SSSR count). The van der Waals surface area contributed by atoms with Crippen molar-refractivity contribution in [2.24, 2.45) is 4.99 Å². The van der Waals surface area contributed by atoms with Crippen molar-refractivity contribution < 1.29 is 8.78 Å². The van der Waals surface area contributed by atoms with Crippen LogP contribution < -0.4 is 10.6 Å². The fourth-order valence-electron chi connectivity index (χ4n) is 2.15. The van der Waals surface area contributed by atoms with E-state index in [4.69, 9.17) is 0 Å². The lowest BCUT2D eigenvalue weighted by Crippen LogP contribution is -2.40. The zero-order valence-corrected chi connectivity index (χ0v) is 15.1.